The molecule has 2 aliphatic heterocycles. The van der Waals surface area contributed by atoms with Crippen molar-refractivity contribution in [2.24, 2.45) is 5.41 Å². The second-order valence-electron chi connectivity index (χ2n) is 6.28. The molecule has 3 rings (SSSR count). The molecule has 3 heteroatoms. The van der Waals surface area contributed by atoms with Crippen molar-refractivity contribution in [3.63, 3.8) is 0 Å². The van der Waals surface area contributed by atoms with Crippen LogP contribution in [-0.4, -0.2) is 44.4 Å². The summed E-state index contributed by atoms with van der Waals surface area (Å²) < 4.78 is 11.1. The monoisotopic (exact) mass is 261 g/mol. The molecule has 0 atom stereocenters. The zero-order chi connectivity index (χ0) is 13.3. The fourth-order valence-corrected chi connectivity index (χ4v) is 2.89. The minimum absolute atomic E-state index is 0.511. The van der Waals surface area contributed by atoms with E-state index in [0.717, 1.165) is 32.1 Å². The molecule has 2 saturated heterocycles. The van der Waals surface area contributed by atoms with Crippen molar-refractivity contribution in [1.29, 1.82) is 0 Å². The van der Waals surface area contributed by atoms with Crippen LogP contribution < -0.4 is 4.74 Å². The zero-order valence-electron chi connectivity index (χ0n) is 11.9. The zero-order valence-corrected chi connectivity index (χ0v) is 11.9. The predicted molar refractivity (Wildman–Crippen MR) is 75.7 cm³/mol. The van der Waals surface area contributed by atoms with Crippen LogP contribution in [0.4, 0.5) is 0 Å². The van der Waals surface area contributed by atoms with Crippen LogP contribution in [0.3, 0.4) is 0 Å². The molecule has 3 nitrogen and oxygen atoms in total. The second-order valence-corrected chi connectivity index (χ2v) is 6.28. The molecule has 0 radical (unpaired) electrons. The van der Waals surface area contributed by atoms with Gasteiger partial charge in [-0.25, -0.2) is 0 Å². The Balaban J connectivity index is 1.41. The molecule has 2 fully saturated rings. The van der Waals surface area contributed by atoms with Crippen molar-refractivity contribution in [1.82, 2.24) is 4.90 Å². The number of benzene rings is 1. The van der Waals surface area contributed by atoms with E-state index in [0.29, 0.717) is 11.3 Å². The van der Waals surface area contributed by atoms with E-state index >= 15 is 0 Å². The van der Waals surface area contributed by atoms with Crippen molar-refractivity contribution in [3.05, 3.63) is 29.8 Å². The third-order valence-electron chi connectivity index (χ3n) is 4.14. The maximum atomic E-state index is 5.85. The Bertz CT molecular complexity index is 432. The van der Waals surface area contributed by atoms with Gasteiger partial charge in [0.1, 0.15) is 12.4 Å². The molecule has 1 aromatic carbocycles. The highest BCUT2D eigenvalue weighted by molar-refractivity contribution is 5.30. The van der Waals surface area contributed by atoms with Crippen LogP contribution in [0.2, 0.25) is 0 Å². The lowest BCUT2D eigenvalue weighted by atomic mass is 9.78. The topological polar surface area (TPSA) is 21.7 Å². The minimum Gasteiger partial charge on any atom is -0.492 e. The first kappa shape index (κ1) is 12.9. The summed E-state index contributed by atoms with van der Waals surface area (Å²) in [4.78, 5) is 2.45. The summed E-state index contributed by atoms with van der Waals surface area (Å²) in [6.07, 6.45) is 0. The predicted octanol–water partition coefficient (Wildman–Crippen LogP) is 2.52. The van der Waals surface area contributed by atoms with Gasteiger partial charge in [-0.05, 0) is 23.6 Å². The van der Waals surface area contributed by atoms with Gasteiger partial charge in [0.05, 0.1) is 13.2 Å². The van der Waals surface area contributed by atoms with Gasteiger partial charge in [0.2, 0.25) is 0 Å². The van der Waals surface area contributed by atoms with Gasteiger partial charge in [-0.15, -0.1) is 0 Å². The molecular weight excluding hydrogens is 238 g/mol. The third-order valence-corrected chi connectivity index (χ3v) is 4.14. The van der Waals surface area contributed by atoms with Gasteiger partial charge >= 0.3 is 0 Å². The van der Waals surface area contributed by atoms with E-state index in [9.17, 15) is 0 Å². The quantitative estimate of drug-likeness (QED) is 0.813. The molecule has 0 saturated carbocycles. The average Bonchev–Trinajstić information content (AvgIpc) is 2.30. The molecule has 0 aromatic heterocycles. The van der Waals surface area contributed by atoms with Crippen LogP contribution in [0.15, 0.2) is 24.3 Å². The van der Waals surface area contributed by atoms with Gasteiger partial charge in [-0.1, -0.05) is 26.0 Å². The summed E-state index contributed by atoms with van der Waals surface area (Å²) in [6.45, 7) is 10.5. The number of hydrogen-bond acceptors (Lipinski definition) is 3. The summed E-state index contributed by atoms with van der Waals surface area (Å²) in [6, 6.07) is 8.44. The smallest absolute Gasteiger partial charge is 0.119 e. The van der Waals surface area contributed by atoms with Crippen LogP contribution in [0, 0.1) is 5.41 Å². The standard InChI is InChI=1S/C16H23NO2/c1-13(2)14-4-3-5-15(8-14)19-7-6-17-9-16(10-17)11-18-12-16/h3-5,8,13H,6-7,9-12H2,1-2H3. The largest absolute Gasteiger partial charge is 0.492 e. The molecule has 0 N–H and O–H groups in total. The lowest BCUT2D eigenvalue weighted by Crippen LogP contribution is -2.66. The Morgan fingerprint density at radius 3 is 2.74 bits per heavy atom. The first-order chi connectivity index (χ1) is 9.17. The van der Waals surface area contributed by atoms with Crippen LogP contribution in [-0.2, 0) is 4.74 Å². The molecule has 2 heterocycles. The number of rotatable bonds is 5. The Labute approximate surface area is 115 Å². The third kappa shape index (κ3) is 2.77. The number of nitrogens with zero attached hydrogens (tertiary/aromatic N) is 1. The molecule has 1 aromatic rings. The molecule has 0 unspecified atom stereocenters. The SMILES string of the molecule is CC(C)c1cccc(OCCN2CC3(COC3)C2)c1. The van der Waals surface area contributed by atoms with Gasteiger partial charge in [0, 0.05) is 25.0 Å². The van der Waals surface area contributed by atoms with Crippen LogP contribution in [0.25, 0.3) is 0 Å². The number of ether oxygens (including phenoxy) is 2. The van der Waals surface area contributed by atoms with Crippen molar-refractivity contribution in [3.8, 4) is 5.75 Å². The lowest BCUT2D eigenvalue weighted by Gasteiger charge is -2.55. The van der Waals surface area contributed by atoms with Crippen LogP contribution in [0.1, 0.15) is 25.3 Å². The summed E-state index contributed by atoms with van der Waals surface area (Å²) in [5.41, 5.74) is 1.85. The van der Waals surface area contributed by atoms with E-state index < -0.39 is 0 Å². The first-order valence-corrected chi connectivity index (χ1v) is 7.20. The van der Waals surface area contributed by atoms with E-state index in [2.05, 4.69) is 36.9 Å². The number of hydrogen-bond donors (Lipinski definition) is 0. The molecule has 2 aliphatic rings. The van der Waals surface area contributed by atoms with Gasteiger partial charge in [0.25, 0.3) is 0 Å². The summed E-state index contributed by atoms with van der Waals surface area (Å²) >= 11 is 0. The Hall–Kier alpha value is -1.06. The molecular formula is C16H23NO2. The molecule has 19 heavy (non-hydrogen) atoms. The molecule has 0 amide bonds. The Kier molecular flexibility index (Phi) is 3.50. The Morgan fingerprint density at radius 2 is 2.11 bits per heavy atom. The van der Waals surface area contributed by atoms with E-state index in [1.807, 2.05) is 6.07 Å². The minimum atomic E-state index is 0.511. The maximum Gasteiger partial charge on any atom is 0.119 e. The fraction of sp³-hybridized carbons (Fsp3) is 0.625. The highest BCUT2D eigenvalue weighted by Crippen LogP contribution is 2.37. The highest BCUT2D eigenvalue weighted by atomic mass is 16.5. The second kappa shape index (κ2) is 5.14. The van der Waals surface area contributed by atoms with Crippen molar-refractivity contribution in [2.75, 3.05) is 39.5 Å². The first-order valence-electron chi connectivity index (χ1n) is 7.20. The molecule has 0 aliphatic carbocycles. The average molecular weight is 261 g/mol. The molecule has 104 valence electrons. The number of likely N-dealkylation sites (tertiary alicyclic amines) is 1. The van der Waals surface area contributed by atoms with Crippen LogP contribution >= 0.6 is 0 Å². The van der Waals surface area contributed by atoms with Crippen LogP contribution in [0.5, 0.6) is 5.75 Å². The van der Waals surface area contributed by atoms with Gasteiger partial charge in [-0.3, -0.25) is 4.90 Å². The van der Waals surface area contributed by atoms with E-state index in [1.165, 1.54) is 18.7 Å². The highest BCUT2D eigenvalue weighted by Gasteiger charge is 2.48. The molecule has 0 bridgehead atoms. The summed E-state index contributed by atoms with van der Waals surface area (Å²) in [7, 11) is 0. The van der Waals surface area contributed by atoms with Gasteiger partial charge in [-0.2, -0.15) is 0 Å². The van der Waals surface area contributed by atoms with Gasteiger partial charge < -0.3 is 9.47 Å². The van der Waals surface area contributed by atoms with E-state index in [-0.39, 0.29) is 0 Å². The normalized spacial score (nSPS) is 21.2. The van der Waals surface area contributed by atoms with Crippen molar-refractivity contribution >= 4 is 0 Å². The van der Waals surface area contributed by atoms with E-state index in [4.69, 9.17) is 9.47 Å². The maximum absolute atomic E-state index is 5.85. The Morgan fingerprint density at radius 1 is 1.32 bits per heavy atom. The lowest BCUT2D eigenvalue weighted by molar-refractivity contribution is -0.189. The van der Waals surface area contributed by atoms with Crippen molar-refractivity contribution in [2.45, 2.75) is 19.8 Å². The summed E-state index contributed by atoms with van der Waals surface area (Å²) in [5.74, 6) is 1.55. The summed E-state index contributed by atoms with van der Waals surface area (Å²) in [5, 5.41) is 0. The van der Waals surface area contributed by atoms with E-state index in [1.54, 1.807) is 0 Å². The van der Waals surface area contributed by atoms with Crippen molar-refractivity contribution < 1.29 is 9.47 Å². The molecule has 1 spiro atoms. The fourth-order valence-electron chi connectivity index (χ4n) is 2.89. The van der Waals surface area contributed by atoms with Gasteiger partial charge in [0.15, 0.2) is 0 Å².